The van der Waals surface area contributed by atoms with E-state index in [1.165, 1.54) is 0 Å². The second kappa shape index (κ2) is 12.6. The van der Waals surface area contributed by atoms with E-state index in [0.29, 0.717) is 48.1 Å². The molecule has 4 aliphatic rings. The van der Waals surface area contributed by atoms with Crippen LogP contribution in [-0.4, -0.2) is 87.4 Å². The molecule has 4 atom stereocenters. The first-order valence-corrected chi connectivity index (χ1v) is 18.1. The van der Waals surface area contributed by atoms with Crippen LogP contribution in [-0.2, 0) is 4.74 Å². The van der Waals surface area contributed by atoms with E-state index < -0.39 is 5.60 Å². The number of amides is 2. The smallest absolute Gasteiger partial charge is 0.410 e. The first kappa shape index (κ1) is 33.1. The average molecular weight is 688 g/mol. The molecule has 11 nitrogen and oxygen atoms in total. The van der Waals surface area contributed by atoms with Gasteiger partial charge < -0.3 is 24.2 Å². The highest BCUT2D eigenvalue weighted by molar-refractivity contribution is 5.96. The van der Waals surface area contributed by atoms with Crippen molar-refractivity contribution in [3.8, 4) is 22.9 Å². The van der Waals surface area contributed by atoms with E-state index in [4.69, 9.17) is 14.5 Å². The molecule has 0 radical (unpaired) electrons. The third-order valence-electron chi connectivity index (χ3n) is 11.4. The fourth-order valence-corrected chi connectivity index (χ4v) is 8.70. The van der Waals surface area contributed by atoms with Gasteiger partial charge in [0, 0.05) is 74.0 Å². The molecular weight excluding hydrogens is 642 g/mol. The molecule has 11 heteroatoms. The molecule has 3 aliphatic heterocycles. The zero-order valence-electron chi connectivity index (χ0n) is 30.0. The zero-order chi connectivity index (χ0) is 35.6. The van der Waals surface area contributed by atoms with Crippen LogP contribution in [0.15, 0.2) is 55.0 Å². The second-order valence-corrected chi connectivity index (χ2v) is 16.0. The summed E-state index contributed by atoms with van der Waals surface area (Å²) < 4.78 is 13.9. The Morgan fingerprint density at radius 3 is 2.25 bits per heavy atom. The lowest BCUT2D eigenvalue weighted by atomic mass is 10.0. The molecule has 0 spiro atoms. The summed E-state index contributed by atoms with van der Waals surface area (Å²) in [6, 6.07) is 14.4. The van der Waals surface area contributed by atoms with Crippen molar-refractivity contribution < 1.29 is 19.1 Å². The fourth-order valence-electron chi connectivity index (χ4n) is 8.70. The molecule has 4 unspecified atom stereocenters. The number of carbonyl (C=O) groups is 2. The summed E-state index contributed by atoms with van der Waals surface area (Å²) in [6.07, 6.45) is 6.83. The van der Waals surface area contributed by atoms with Crippen molar-refractivity contribution in [3.63, 3.8) is 0 Å². The quantitative estimate of drug-likeness (QED) is 0.247. The summed E-state index contributed by atoms with van der Waals surface area (Å²) in [5.41, 5.74) is 5.44. The Morgan fingerprint density at radius 1 is 0.902 bits per heavy atom. The lowest BCUT2D eigenvalue weighted by Gasteiger charge is -2.25. The van der Waals surface area contributed by atoms with Gasteiger partial charge in [-0.25, -0.2) is 14.3 Å². The average Bonchev–Trinajstić information content (AvgIpc) is 3.91. The maximum atomic E-state index is 13.4. The minimum atomic E-state index is -0.509. The van der Waals surface area contributed by atoms with Gasteiger partial charge in [-0.3, -0.25) is 4.79 Å². The van der Waals surface area contributed by atoms with Crippen LogP contribution in [0.5, 0.6) is 5.75 Å². The Bertz CT molecular complexity index is 2020. The van der Waals surface area contributed by atoms with Crippen LogP contribution in [0.4, 0.5) is 10.6 Å². The molecule has 3 aromatic heterocycles. The van der Waals surface area contributed by atoms with Crippen LogP contribution in [0.25, 0.3) is 16.6 Å². The Labute approximate surface area is 298 Å². The minimum Gasteiger partial charge on any atom is -0.489 e. The molecule has 264 valence electrons. The highest BCUT2D eigenvalue weighted by Gasteiger charge is 2.45. The SMILES string of the molecule is Cc1cccc(C(=O)N2CC3CN(c4ccc(-c5cc(OC6CC7CN(C(=O)OC(C)(C)C)CC7C6)cn6ncc(C#N)c56)cn4)CC3C2)c1C. The largest absolute Gasteiger partial charge is 0.489 e. The number of anilines is 1. The van der Waals surface area contributed by atoms with Crippen LogP contribution < -0.4 is 9.64 Å². The van der Waals surface area contributed by atoms with E-state index in [2.05, 4.69) is 41.2 Å². The molecule has 4 fully saturated rings. The lowest BCUT2D eigenvalue weighted by Crippen LogP contribution is -2.36. The molecule has 1 saturated carbocycles. The first-order valence-electron chi connectivity index (χ1n) is 18.1. The van der Waals surface area contributed by atoms with E-state index in [-0.39, 0.29) is 18.1 Å². The predicted molar refractivity (Wildman–Crippen MR) is 193 cm³/mol. The highest BCUT2D eigenvalue weighted by Crippen LogP contribution is 2.41. The number of fused-ring (bicyclic) bond motifs is 3. The topological polar surface area (TPSA) is 116 Å². The molecule has 0 N–H and O–H groups in total. The Morgan fingerprint density at radius 2 is 1.61 bits per heavy atom. The molecular formula is C40H45N7O4. The van der Waals surface area contributed by atoms with Gasteiger partial charge in [0.2, 0.25) is 0 Å². The third-order valence-corrected chi connectivity index (χ3v) is 11.4. The standard InChI is InChI=1S/C40H45N7O4/c1-24-7-6-8-34(25(24)2)38(48)45-21-30-19-44(20-31(30)22-45)36-10-9-26(15-42-36)35-13-33(23-47-37(35)29(14-41)16-43-47)50-32-11-27-17-46(18-28(27)12-32)39(49)51-40(3,4)5/h6-10,13,15-16,23,27-28,30-32H,11-12,17-22H2,1-5H3. The summed E-state index contributed by atoms with van der Waals surface area (Å²) in [5, 5.41) is 14.4. The summed E-state index contributed by atoms with van der Waals surface area (Å²) >= 11 is 0. The summed E-state index contributed by atoms with van der Waals surface area (Å²) in [4.78, 5) is 37.1. The Kier molecular flexibility index (Phi) is 8.16. The van der Waals surface area contributed by atoms with Gasteiger partial charge in [0.15, 0.2) is 0 Å². The number of nitrogens with zero attached hydrogens (tertiary/aromatic N) is 7. The van der Waals surface area contributed by atoms with Crippen LogP contribution in [0.2, 0.25) is 0 Å². The summed E-state index contributed by atoms with van der Waals surface area (Å²) in [5.74, 6) is 3.32. The van der Waals surface area contributed by atoms with Crippen LogP contribution >= 0.6 is 0 Å². The van der Waals surface area contributed by atoms with E-state index in [1.807, 2.05) is 68.1 Å². The summed E-state index contributed by atoms with van der Waals surface area (Å²) in [7, 11) is 0. The Balaban J connectivity index is 0.943. The number of hydrogen-bond donors (Lipinski definition) is 0. The van der Waals surface area contributed by atoms with Crippen molar-refractivity contribution in [3.05, 3.63) is 77.2 Å². The van der Waals surface area contributed by atoms with Crippen molar-refractivity contribution in [1.82, 2.24) is 24.4 Å². The second-order valence-electron chi connectivity index (χ2n) is 16.0. The molecule has 2 amide bonds. The van der Waals surface area contributed by atoms with Gasteiger partial charge in [-0.1, -0.05) is 12.1 Å². The number of aryl methyl sites for hydroxylation is 1. The van der Waals surface area contributed by atoms with Crippen LogP contribution in [0.3, 0.4) is 0 Å². The van der Waals surface area contributed by atoms with E-state index >= 15 is 0 Å². The number of pyridine rings is 2. The molecule has 1 aromatic carbocycles. The number of likely N-dealkylation sites (tertiary alicyclic amines) is 2. The van der Waals surface area contributed by atoms with Crippen LogP contribution in [0.1, 0.15) is 60.7 Å². The highest BCUT2D eigenvalue weighted by atomic mass is 16.6. The van der Waals surface area contributed by atoms with Crippen LogP contribution in [0, 0.1) is 48.9 Å². The molecule has 51 heavy (non-hydrogen) atoms. The van der Waals surface area contributed by atoms with E-state index in [0.717, 1.165) is 78.2 Å². The van der Waals surface area contributed by atoms with E-state index in [9.17, 15) is 14.9 Å². The number of nitriles is 1. The number of carbonyl (C=O) groups excluding carboxylic acids is 2. The molecule has 1 aliphatic carbocycles. The van der Waals surface area contributed by atoms with Crippen molar-refractivity contribution in [1.29, 1.82) is 5.26 Å². The zero-order valence-corrected chi connectivity index (χ0v) is 30.0. The van der Waals surface area contributed by atoms with Gasteiger partial charge in [0.05, 0.1) is 29.6 Å². The number of hydrogen-bond acceptors (Lipinski definition) is 8. The molecule has 4 aromatic rings. The third kappa shape index (κ3) is 6.26. The molecule has 0 bridgehead atoms. The first-order chi connectivity index (χ1) is 24.4. The van der Waals surface area contributed by atoms with Gasteiger partial charge in [-0.05, 0) is 94.7 Å². The lowest BCUT2D eigenvalue weighted by molar-refractivity contribution is 0.0272. The van der Waals surface area contributed by atoms with Crippen molar-refractivity contribution in [2.45, 2.75) is 59.2 Å². The number of ether oxygens (including phenoxy) is 2. The van der Waals surface area contributed by atoms with Gasteiger partial charge in [0.25, 0.3) is 5.91 Å². The normalized spacial score (nSPS) is 24.2. The monoisotopic (exact) mass is 687 g/mol. The van der Waals surface area contributed by atoms with Crippen molar-refractivity contribution >= 4 is 23.3 Å². The van der Waals surface area contributed by atoms with Gasteiger partial charge in [-0.15, -0.1) is 0 Å². The number of rotatable bonds is 5. The number of aromatic nitrogens is 3. The van der Waals surface area contributed by atoms with Crippen molar-refractivity contribution in [2.75, 3.05) is 44.2 Å². The fraction of sp³-hybridized carbons (Fsp3) is 0.475. The van der Waals surface area contributed by atoms with E-state index in [1.54, 1.807) is 10.7 Å². The number of benzene rings is 1. The molecule has 6 heterocycles. The minimum absolute atomic E-state index is 0.0271. The summed E-state index contributed by atoms with van der Waals surface area (Å²) in [6.45, 7) is 14.4. The molecule has 3 saturated heterocycles. The van der Waals surface area contributed by atoms with Crippen molar-refractivity contribution in [2.24, 2.45) is 23.7 Å². The van der Waals surface area contributed by atoms with Gasteiger partial charge >= 0.3 is 6.09 Å². The maximum absolute atomic E-state index is 13.4. The predicted octanol–water partition coefficient (Wildman–Crippen LogP) is 6.12. The molecule has 8 rings (SSSR count). The maximum Gasteiger partial charge on any atom is 0.410 e. The van der Waals surface area contributed by atoms with Gasteiger partial charge in [-0.2, -0.15) is 10.4 Å². The van der Waals surface area contributed by atoms with Gasteiger partial charge in [0.1, 0.15) is 23.2 Å². The Hall–Kier alpha value is -5.11.